The highest BCUT2D eigenvalue weighted by atomic mass is 16.5. The molecule has 4 rings (SSSR count). The summed E-state index contributed by atoms with van der Waals surface area (Å²) in [7, 11) is 0. The molecule has 0 bridgehead atoms. The molecule has 6 nitrogen and oxygen atoms in total. The molecule has 1 spiro atoms. The minimum absolute atomic E-state index is 0.0896. The molecular formula is C18H22N4O2. The fraction of sp³-hybridized carbons (Fsp3) is 0.500. The lowest BCUT2D eigenvalue weighted by atomic mass is 9.84. The second-order valence-corrected chi connectivity index (χ2v) is 6.70. The van der Waals surface area contributed by atoms with Crippen molar-refractivity contribution in [2.75, 3.05) is 24.6 Å². The van der Waals surface area contributed by atoms with Gasteiger partial charge in [0.2, 0.25) is 0 Å². The average molecular weight is 326 g/mol. The Balaban J connectivity index is 1.32. The Labute approximate surface area is 141 Å². The zero-order valence-corrected chi connectivity index (χ0v) is 13.9. The zero-order valence-electron chi connectivity index (χ0n) is 13.9. The van der Waals surface area contributed by atoms with Crippen molar-refractivity contribution in [2.24, 2.45) is 0 Å². The van der Waals surface area contributed by atoms with Crippen LogP contribution in [0.25, 0.3) is 0 Å². The molecule has 2 aliphatic heterocycles. The molecule has 0 amide bonds. The molecule has 0 N–H and O–H groups in total. The fourth-order valence-corrected chi connectivity index (χ4v) is 3.41. The van der Waals surface area contributed by atoms with Gasteiger partial charge in [-0.3, -0.25) is 4.98 Å². The number of rotatable bonds is 4. The number of hydrogen-bond acceptors (Lipinski definition) is 6. The molecule has 0 saturated carbocycles. The third-order valence-corrected chi connectivity index (χ3v) is 4.75. The van der Waals surface area contributed by atoms with Gasteiger partial charge in [0.1, 0.15) is 5.60 Å². The van der Waals surface area contributed by atoms with Crippen LogP contribution in [0.4, 0.5) is 5.82 Å². The van der Waals surface area contributed by atoms with Gasteiger partial charge in [-0.15, -0.1) is 5.10 Å². The Kier molecular flexibility index (Phi) is 4.16. The minimum Gasteiger partial charge on any atom is -0.373 e. The highest BCUT2D eigenvalue weighted by molar-refractivity contribution is 5.43. The van der Waals surface area contributed by atoms with Crippen LogP contribution >= 0.6 is 0 Å². The first-order chi connectivity index (χ1) is 11.7. The van der Waals surface area contributed by atoms with Crippen LogP contribution in [0, 0.1) is 6.92 Å². The van der Waals surface area contributed by atoms with E-state index in [0.29, 0.717) is 6.61 Å². The summed E-state index contributed by atoms with van der Waals surface area (Å²) >= 11 is 0. The molecule has 126 valence electrons. The highest BCUT2D eigenvalue weighted by Gasteiger charge is 2.48. The molecule has 0 radical (unpaired) electrons. The molecule has 6 heteroatoms. The fourth-order valence-electron chi connectivity index (χ4n) is 3.41. The molecule has 0 aromatic carbocycles. The van der Waals surface area contributed by atoms with Crippen LogP contribution in [0.3, 0.4) is 0 Å². The van der Waals surface area contributed by atoms with Gasteiger partial charge in [-0.2, -0.15) is 5.10 Å². The van der Waals surface area contributed by atoms with Gasteiger partial charge in [0.25, 0.3) is 0 Å². The number of aryl methyl sites for hydroxylation is 1. The number of hydrogen-bond donors (Lipinski definition) is 0. The van der Waals surface area contributed by atoms with Gasteiger partial charge in [-0.05, 0) is 43.2 Å². The lowest BCUT2D eigenvalue weighted by Gasteiger charge is -2.53. The van der Waals surface area contributed by atoms with E-state index in [-0.39, 0.29) is 11.7 Å². The summed E-state index contributed by atoms with van der Waals surface area (Å²) < 4.78 is 12.2. The summed E-state index contributed by atoms with van der Waals surface area (Å²) in [5.41, 5.74) is 2.01. The second kappa shape index (κ2) is 6.45. The molecule has 24 heavy (non-hydrogen) atoms. The Hall–Kier alpha value is -2.05. The Morgan fingerprint density at radius 1 is 1.21 bits per heavy atom. The maximum absolute atomic E-state index is 6.10. The van der Waals surface area contributed by atoms with Crippen LogP contribution in [-0.2, 0) is 16.1 Å². The van der Waals surface area contributed by atoms with E-state index in [0.717, 1.165) is 49.6 Å². The third kappa shape index (κ3) is 3.25. The Morgan fingerprint density at radius 3 is 2.79 bits per heavy atom. The monoisotopic (exact) mass is 326 g/mol. The number of ether oxygens (including phenoxy) is 2. The molecule has 1 atom stereocenters. The maximum Gasteiger partial charge on any atom is 0.151 e. The minimum atomic E-state index is -0.0896. The Bertz CT molecular complexity index is 671. The van der Waals surface area contributed by atoms with Gasteiger partial charge >= 0.3 is 0 Å². The van der Waals surface area contributed by atoms with Crippen molar-refractivity contribution in [1.29, 1.82) is 0 Å². The molecule has 2 aromatic heterocycles. The quantitative estimate of drug-likeness (QED) is 0.858. The summed E-state index contributed by atoms with van der Waals surface area (Å²) in [4.78, 5) is 6.26. The van der Waals surface area contributed by atoms with E-state index >= 15 is 0 Å². The van der Waals surface area contributed by atoms with Crippen LogP contribution in [-0.4, -0.2) is 46.6 Å². The molecular weight excluding hydrogens is 304 g/mol. The van der Waals surface area contributed by atoms with Crippen molar-refractivity contribution in [3.63, 3.8) is 0 Å². The van der Waals surface area contributed by atoms with E-state index in [4.69, 9.17) is 9.47 Å². The zero-order chi connectivity index (χ0) is 16.4. The first kappa shape index (κ1) is 15.5. The van der Waals surface area contributed by atoms with Crippen LogP contribution in [0.1, 0.15) is 24.1 Å². The van der Waals surface area contributed by atoms with Crippen LogP contribution in [0.15, 0.2) is 36.7 Å². The largest absolute Gasteiger partial charge is 0.373 e. The van der Waals surface area contributed by atoms with E-state index in [2.05, 4.69) is 20.1 Å². The van der Waals surface area contributed by atoms with Gasteiger partial charge in [0, 0.05) is 25.4 Å². The van der Waals surface area contributed by atoms with E-state index < -0.39 is 0 Å². The second-order valence-electron chi connectivity index (χ2n) is 6.70. The van der Waals surface area contributed by atoms with Gasteiger partial charge < -0.3 is 14.4 Å². The van der Waals surface area contributed by atoms with Crippen molar-refractivity contribution >= 4 is 5.82 Å². The normalized spacial score (nSPS) is 22.4. The topological polar surface area (TPSA) is 60.4 Å². The summed E-state index contributed by atoms with van der Waals surface area (Å²) in [6.07, 6.45) is 5.75. The number of nitrogens with zero attached hydrogens (tertiary/aromatic N) is 4. The van der Waals surface area contributed by atoms with Crippen molar-refractivity contribution in [3.8, 4) is 0 Å². The number of pyridine rings is 1. The first-order valence-corrected chi connectivity index (χ1v) is 8.42. The van der Waals surface area contributed by atoms with Gasteiger partial charge in [0.05, 0.1) is 31.5 Å². The summed E-state index contributed by atoms with van der Waals surface area (Å²) in [6.45, 7) is 5.06. The van der Waals surface area contributed by atoms with Crippen molar-refractivity contribution in [3.05, 3.63) is 47.9 Å². The number of anilines is 1. The smallest absolute Gasteiger partial charge is 0.151 e. The molecule has 0 aliphatic carbocycles. The first-order valence-electron chi connectivity index (χ1n) is 8.42. The molecule has 2 aliphatic rings. The van der Waals surface area contributed by atoms with Gasteiger partial charge in [-0.25, -0.2) is 0 Å². The van der Waals surface area contributed by atoms with Crippen LogP contribution < -0.4 is 4.90 Å². The van der Waals surface area contributed by atoms with Crippen molar-refractivity contribution in [2.45, 2.75) is 38.1 Å². The SMILES string of the molecule is Cc1ccc(N2CC3(C[C@@H](OCc4ccncc4)CCO3)C2)nn1. The predicted molar refractivity (Wildman–Crippen MR) is 89.7 cm³/mol. The van der Waals surface area contributed by atoms with Gasteiger partial charge in [-0.1, -0.05) is 0 Å². The maximum atomic E-state index is 6.10. The van der Waals surface area contributed by atoms with E-state index in [1.54, 1.807) is 12.4 Å². The Morgan fingerprint density at radius 2 is 2.04 bits per heavy atom. The summed E-state index contributed by atoms with van der Waals surface area (Å²) in [6, 6.07) is 8.01. The van der Waals surface area contributed by atoms with E-state index in [1.807, 2.05) is 31.2 Å². The molecule has 4 heterocycles. The molecule has 2 saturated heterocycles. The summed E-state index contributed by atoms with van der Waals surface area (Å²) in [5.74, 6) is 0.926. The van der Waals surface area contributed by atoms with Crippen LogP contribution in [0.5, 0.6) is 0 Å². The van der Waals surface area contributed by atoms with E-state index in [1.165, 1.54) is 0 Å². The highest BCUT2D eigenvalue weighted by Crippen LogP contribution is 2.37. The number of aromatic nitrogens is 3. The average Bonchev–Trinajstić information content (AvgIpc) is 2.60. The van der Waals surface area contributed by atoms with E-state index in [9.17, 15) is 0 Å². The standard InChI is InChI=1S/C18H22N4O2/c1-14-2-3-17(21-20-14)22-12-18(13-22)10-16(6-9-24-18)23-11-15-4-7-19-8-5-15/h2-5,7-8,16H,6,9-13H2,1H3/t16-/m0/s1. The molecule has 2 aromatic rings. The third-order valence-electron chi connectivity index (χ3n) is 4.75. The predicted octanol–water partition coefficient (Wildman–Crippen LogP) is 2.13. The van der Waals surface area contributed by atoms with Crippen molar-refractivity contribution in [1.82, 2.24) is 15.2 Å². The van der Waals surface area contributed by atoms with Crippen molar-refractivity contribution < 1.29 is 9.47 Å². The molecule has 0 unspecified atom stereocenters. The van der Waals surface area contributed by atoms with Crippen LogP contribution in [0.2, 0.25) is 0 Å². The lowest BCUT2D eigenvalue weighted by Crippen LogP contribution is -2.66. The lowest BCUT2D eigenvalue weighted by molar-refractivity contribution is -0.148. The van der Waals surface area contributed by atoms with Gasteiger partial charge in [0.15, 0.2) is 5.82 Å². The molecule has 2 fully saturated rings. The summed E-state index contributed by atoms with van der Waals surface area (Å²) in [5, 5.41) is 8.39.